The molecule has 0 aliphatic heterocycles. The van der Waals surface area contributed by atoms with Crippen molar-refractivity contribution in [3.05, 3.63) is 18.7 Å². The normalized spacial score (nSPS) is 10.1. The zero-order valence-electron chi connectivity index (χ0n) is 9.87. The molecule has 2 rings (SSSR count). The van der Waals surface area contributed by atoms with Crippen LogP contribution in [0.1, 0.15) is 0 Å². The maximum Gasteiger partial charge on any atom is 0.205 e. The Morgan fingerprint density at radius 3 is 2.89 bits per heavy atom. The Hall–Kier alpha value is -2.42. The lowest BCUT2D eigenvalue weighted by atomic mass is 10.4. The fourth-order valence-corrected chi connectivity index (χ4v) is 1.44. The molecule has 96 valence electrons. The summed E-state index contributed by atoms with van der Waals surface area (Å²) in [6.07, 6.45) is 4.81. The lowest BCUT2D eigenvalue weighted by molar-refractivity contribution is 0.414. The van der Waals surface area contributed by atoms with Crippen LogP contribution in [0.2, 0.25) is 0 Å². The summed E-state index contributed by atoms with van der Waals surface area (Å²) in [6.45, 7) is 1.29. The van der Waals surface area contributed by atoms with Crippen molar-refractivity contribution in [1.82, 2.24) is 25.0 Å². The number of ether oxygens (including phenoxy) is 1. The zero-order chi connectivity index (χ0) is 12.8. The molecular weight excluding hydrogens is 236 g/mol. The fourth-order valence-electron chi connectivity index (χ4n) is 1.44. The predicted molar refractivity (Wildman–Crippen MR) is 64.9 cm³/mol. The Bertz CT molecular complexity index is 485. The monoisotopic (exact) mass is 250 g/mol. The summed E-state index contributed by atoms with van der Waals surface area (Å²) in [5, 5.41) is 10.7. The van der Waals surface area contributed by atoms with Crippen molar-refractivity contribution in [2.45, 2.75) is 6.54 Å². The highest BCUT2D eigenvalue weighted by atomic mass is 16.5. The van der Waals surface area contributed by atoms with Gasteiger partial charge in [0.25, 0.3) is 0 Å². The van der Waals surface area contributed by atoms with E-state index in [2.05, 4.69) is 31.0 Å². The number of nitrogens with two attached hydrogens (primary N) is 1. The number of rotatable bonds is 6. The largest absolute Gasteiger partial charge is 0.490 e. The van der Waals surface area contributed by atoms with Gasteiger partial charge in [0.15, 0.2) is 11.6 Å². The molecule has 0 saturated heterocycles. The van der Waals surface area contributed by atoms with Crippen LogP contribution >= 0.6 is 0 Å². The first-order chi connectivity index (χ1) is 8.85. The number of hydrogen-bond acceptors (Lipinski definition) is 8. The van der Waals surface area contributed by atoms with Gasteiger partial charge in [-0.1, -0.05) is 5.21 Å². The summed E-state index contributed by atoms with van der Waals surface area (Å²) in [5.74, 6) is 6.80. The maximum absolute atomic E-state index is 5.33. The van der Waals surface area contributed by atoms with E-state index >= 15 is 0 Å². The van der Waals surface area contributed by atoms with Crippen molar-refractivity contribution in [1.29, 1.82) is 0 Å². The first kappa shape index (κ1) is 12.0. The molecule has 0 aliphatic carbocycles. The molecule has 9 heteroatoms. The maximum atomic E-state index is 5.33. The van der Waals surface area contributed by atoms with Crippen molar-refractivity contribution in [2.24, 2.45) is 5.84 Å². The van der Waals surface area contributed by atoms with Crippen molar-refractivity contribution >= 4 is 11.6 Å². The van der Waals surface area contributed by atoms with Crippen LogP contribution in [-0.4, -0.2) is 38.6 Å². The zero-order valence-corrected chi connectivity index (χ0v) is 9.87. The SMILES string of the molecule is COc1c(NN)ncnc1NCCn1ccnn1. The molecule has 0 aromatic carbocycles. The van der Waals surface area contributed by atoms with Crippen LogP contribution in [0.15, 0.2) is 18.7 Å². The Balaban J connectivity index is 2.00. The molecule has 2 aromatic heterocycles. The van der Waals surface area contributed by atoms with Gasteiger partial charge in [0.1, 0.15) is 6.33 Å². The van der Waals surface area contributed by atoms with Crippen LogP contribution in [-0.2, 0) is 6.54 Å². The van der Waals surface area contributed by atoms with Crippen LogP contribution < -0.4 is 21.3 Å². The van der Waals surface area contributed by atoms with E-state index in [1.165, 1.54) is 13.4 Å². The molecule has 4 N–H and O–H groups in total. The highest BCUT2D eigenvalue weighted by molar-refractivity contribution is 5.62. The summed E-state index contributed by atoms with van der Waals surface area (Å²) in [7, 11) is 1.53. The van der Waals surface area contributed by atoms with Gasteiger partial charge in [-0.2, -0.15) is 0 Å². The molecule has 0 saturated carbocycles. The Morgan fingerprint density at radius 2 is 2.22 bits per heavy atom. The number of hydrogen-bond donors (Lipinski definition) is 3. The van der Waals surface area contributed by atoms with Gasteiger partial charge in [0.2, 0.25) is 5.75 Å². The molecule has 0 spiro atoms. The predicted octanol–water partition coefficient (Wildman–Crippen LogP) is -0.526. The molecule has 9 nitrogen and oxygen atoms in total. The topological polar surface area (TPSA) is 116 Å². The molecule has 0 unspecified atom stereocenters. The third-order valence-corrected chi connectivity index (χ3v) is 2.25. The summed E-state index contributed by atoms with van der Waals surface area (Å²) in [5.41, 5.74) is 2.45. The average Bonchev–Trinajstić information content (AvgIpc) is 2.91. The van der Waals surface area contributed by atoms with Crippen LogP contribution in [0.3, 0.4) is 0 Å². The molecule has 0 aliphatic rings. The Morgan fingerprint density at radius 1 is 1.39 bits per heavy atom. The summed E-state index contributed by atoms with van der Waals surface area (Å²) in [4.78, 5) is 8.04. The first-order valence-corrected chi connectivity index (χ1v) is 5.28. The van der Waals surface area contributed by atoms with E-state index in [4.69, 9.17) is 10.6 Å². The van der Waals surface area contributed by atoms with Crippen LogP contribution in [0.4, 0.5) is 11.6 Å². The van der Waals surface area contributed by atoms with E-state index in [0.29, 0.717) is 30.5 Å². The molecular formula is C9H14N8O. The number of nitrogens with zero attached hydrogens (tertiary/aromatic N) is 5. The Labute approximate surface area is 103 Å². The van der Waals surface area contributed by atoms with E-state index in [9.17, 15) is 0 Å². The van der Waals surface area contributed by atoms with Gasteiger partial charge in [-0.15, -0.1) is 5.10 Å². The van der Waals surface area contributed by atoms with Gasteiger partial charge in [0.05, 0.1) is 19.9 Å². The second kappa shape index (κ2) is 5.77. The third kappa shape index (κ3) is 2.63. The third-order valence-electron chi connectivity index (χ3n) is 2.25. The molecule has 0 bridgehead atoms. The second-order valence-corrected chi connectivity index (χ2v) is 3.34. The number of anilines is 2. The average molecular weight is 250 g/mol. The van der Waals surface area contributed by atoms with E-state index in [-0.39, 0.29) is 0 Å². The van der Waals surface area contributed by atoms with Crippen molar-refractivity contribution in [2.75, 3.05) is 24.4 Å². The minimum atomic E-state index is 0.427. The number of hydrazine groups is 1. The van der Waals surface area contributed by atoms with Gasteiger partial charge < -0.3 is 15.5 Å². The highest BCUT2D eigenvalue weighted by Gasteiger charge is 2.10. The first-order valence-electron chi connectivity index (χ1n) is 5.28. The van der Waals surface area contributed by atoms with E-state index in [0.717, 1.165) is 0 Å². The molecule has 18 heavy (non-hydrogen) atoms. The van der Waals surface area contributed by atoms with Gasteiger partial charge in [-0.25, -0.2) is 15.8 Å². The lowest BCUT2D eigenvalue weighted by Gasteiger charge is -2.12. The standard InChI is InChI=1S/C9H14N8O/c1-18-7-8(12-6-13-9(7)15-10)11-2-4-17-5-3-14-16-17/h3,5-6H,2,4,10H2,1H3,(H2,11,12,13,15). The second-order valence-electron chi connectivity index (χ2n) is 3.34. The highest BCUT2D eigenvalue weighted by Crippen LogP contribution is 2.27. The summed E-state index contributed by atoms with van der Waals surface area (Å²) in [6, 6.07) is 0. The van der Waals surface area contributed by atoms with E-state index in [1.54, 1.807) is 17.1 Å². The minimum absolute atomic E-state index is 0.427. The van der Waals surface area contributed by atoms with Crippen LogP contribution in [0.25, 0.3) is 0 Å². The van der Waals surface area contributed by atoms with Gasteiger partial charge >= 0.3 is 0 Å². The molecule has 0 radical (unpaired) electrons. The Kier molecular flexibility index (Phi) is 3.86. The van der Waals surface area contributed by atoms with Gasteiger partial charge in [-0.3, -0.25) is 4.68 Å². The minimum Gasteiger partial charge on any atom is -0.490 e. The molecule has 0 amide bonds. The van der Waals surface area contributed by atoms with Gasteiger partial charge in [0, 0.05) is 12.7 Å². The van der Waals surface area contributed by atoms with Crippen molar-refractivity contribution in [3.8, 4) is 5.75 Å². The molecule has 2 aromatic rings. The quantitative estimate of drug-likeness (QED) is 0.463. The molecule has 2 heterocycles. The number of nitrogens with one attached hydrogen (secondary N) is 2. The lowest BCUT2D eigenvalue weighted by Crippen LogP contribution is -2.15. The van der Waals surface area contributed by atoms with Gasteiger partial charge in [-0.05, 0) is 0 Å². The number of nitrogen functional groups attached to an aromatic ring is 1. The summed E-state index contributed by atoms with van der Waals surface area (Å²) >= 11 is 0. The van der Waals surface area contributed by atoms with Crippen LogP contribution in [0.5, 0.6) is 5.75 Å². The van der Waals surface area contributed by atoms with Crippen LogP contribution in [0, 0.1) is 0 Å². The summed E-state index contributed by atoms with van der Waals surface area (Å²) < 4.78 is 6.90. The van der Waals surface area contributed by atoms with E-state index < -0.39 is 0 Å². The molecule has 0 atom stereocenters. The fraction of sp³-hybridized carbons (Fsp3) is 0.333. The molecule has 0 fully saturated rings. The number of aromatic nitrogens is 5. The van der Waals surface area contributed by atoms with Crippen molar-refractivity contribution in [3.63, 3.8) is 0 Å². The van der Waals surface area contributed by atoms with Crippen molar-refractivity contribution < 1.29 is 4.74 Å². The van der Waals surface area contributed by atoms with E-state index in [1.807, 2.05) is 0 Å². The number of methoxy groups -OCH3 is 1. The smallest absolute Gasteiger partial charge is 0.205 e.